The van der Waals surface area contributed by atoms with Crippen LogP contribution in [-0.2, 0) is 0 Å². The summed E-state index contributed by atoms with van der Waals surface area (Å²) in [6.45, 7) is 2.02. The number of carbonyl (C=O) groups excluding carboxylic acids is 1. The predicted octanol–water partition coefficient (Wildman–Crippen LogP) is 2.75. The van der Waals surface area contributed by atoms with Crippen molar-refractivity contribution < 1.29 is 9.18 Å². The quantitative estimate of drug-likeness (QED) is 0.900. The van der Waals surface area contributed by atoms with Crippen molar-refractivity contribution in [1.29, 1.82) is 0 Å². The lowest BCUT2D eigenvalue weighted by Gasteiger charge is -2.12. The van der Waals surface area contributed by atoms with E-state index in [0.29, 0.717) is 5.69 Å². The minimum absolute atomic E-state index is 0.0212. The van der Waals surface area contributed by atoms with E-state index in [4.69, 9.17) is 0 Å². The number of nitrogens with zero attached hydrogens (tertiary/aromatic N) is 1. The summed E-state index contributed by atoms with van der Waals surface area (Å²) in [5.74, 6) is -1.12. The van der Waals surface area contributed by atoms with Gasteiger partial charge in [-0.2, -0.15) is 0 Å². The van der Waals surface area contributed by atoms with Crippen LogP contribution in [0.25, 0.3) is 0 Å². The summed E-state index contributed by atoms with van der Waals surface area (Å²) in [5.41, 5.74) is 1.65. The molecule has 5 heteroatoms. The smallest absolute Gasteiger partial charge is 0.258 e. The van der Waals surface area contributed by atoms with Gasteiger partial charge in [-0.3, -0.25) is 9.78 Å². The third-order valence-electron chi connectivity index (χ3n) is 3.09. The molecule has 2 rings (SSSR count). The van der Waals surface area contributed by atoms with Crippen LogP contribution in [0.1, 0.15) is 28.9 Å². The summed E-state index contributed by atoms with van der Waals surface area (Å²) in [6.07, 6.45) is 2.41. The molecule has 0 fully saturated rings. The van der Waals surface area contributed by atoms with Crippen molar-refractivity contribution in [2.45, 2.75) is 13.0 Å². The first kappa shape index (κ1) is 14.1. The van der Waals surface area contributed by atoms with Gasteiger partial charge in [0.25, 0.3) is 5.91 Å². The molecule has 2 aromatic rings. The number of anilines is 1. The number of rotatable bonds is 4. The van der Waals surface area contributed by atoms with Crippen LogP contribution in [0.3, 0.4) is 0 Å². The molecule has 0 saturated heterocycles. The molecule has 1 heterocycles. The monoisotopic (exact) mass is 273 g/mol. The zero-order valence-electron chi connectivity index (χ0n) is 11.4. The SMILES string of the molecule is CNC(C)c1cccc(NC(=O)c2ccncc2F)c1. The number of halogens is 1. The molecular weight excluding hydrogens is 257 g/mol. The lowest BCUT2D eigenvalue weighted by atomic mass is 10.1. The molecule has 0 bridgehead atoms. The number of hydrogen-bond acceptors (Lipinski definition) is 3. The van der Waals surface area contributed by atoms with E-state index in [1.165, 1.54) is 12.3 Å². The summed E-state index contributed by atoms with van der Waals surface area (Å²) in [7, 11) is 1.86. The van der Waals surface area contributed by atoms with Gasteiger partial charge >= 0.3 is 0 Å². The van der Waals surface area contributed by atoms with E-state index in [9.17, 15) is 9.18 Å². The molecule has 1 aromatic carbocycles. The van der Waals surface area contributed by atoms with Gasteiger partial charge in [-0.05, 0) is 37.7 Å². The molecule has 20 heavy (non-hydrogen) atoms. The summed E-state index contributed by atoms with van der Waals surface area (Å²) >= 11 is 0. The van der Waals surface area contributed by atoms with Crippen molar-refractivity contribution in [2.75, 3.05) is 12.4 Å². The standard InChI is InChI=1S/C15H16FN3O/c1-10(17-2)11-4-3-5-12(8-11)19-15(20)13-6-7-18-9-14(13)16/h3-10,17H,1-2H3,(H,19,20). The topological polar surface area (TPSA) is 54.0 Å². The molecule has 1 aromatic heterocycles. The van der Waals surface area contributed by atoms with E-state index in [0.717, 1.165) is 11.8 Å². The van der Waals surface area contributed by atoms with Crippen LogP contribution < -0.4 is 10.6 Å². The molecule has 0 aliphatic heterocycles. The number of benzene rings is 1. The average Bonchev–Trinajstić information content (AvgIpc) is 2.47. The molecule has 1 unspecified atom stereocenters. The van der Waals surface area contributed by atoms with Crippen LogP contribution in [0.4, 0.5) is 10.1 Å². The van der Waals surface area contributed by atoms with Gasteiger partial charge in [-0.25, -0.2) is 4.39 Å². The number of pyridine rings is 1. The second-order valence-corrected chi connectivity index (χ2v) is 4.45. The molecular formula is C15H16FN3O. The molecule has 0 saturated carbocycles. The van der Waals surface area contributed by atoms with Crippen molar-refractivity contribution >= 4 is 11.6 Å². The van der Waals surface area contributed by atoms with Gasteiger partial charge < -0.3 is 10.6 Å². The summed E-state index contributed by atoms with van der Waals surface area (Å²) in [4.78, 5) is 15.6. The highest BCUT2D eigenvalue weighted by molar-refractivity contribution is 6.04. The molecule has 104 valence electrons. The van der Waals surface area contributed by atoms with E-state index >= 15 is 0 Å². The molecule has 1 atom stereocenters. The van der Waals surface area contributed by atoms with Crippen LogP contribution in [0.5, 0.6) is 0 Å². The number of amides is 1. The average molecular weight is 273 g/mol. The Labute approximate surface area is 117 Å². The number of hydrogen-bond donors (Lipinski definition) is 2. The van der Waals surface area contributed by atoms with Crippen LogP contribution in [-0.4, -0.2) is 17.9 Å². The fourth-order valence-electron chi connectivity index (χ4n) is 1.81. The number of nitrogens with one attached hydrogen (secondary N) is 2. The maximum atomic E-state index is 13.5. The first-order chi connectivity index (χ1) is 9.61. The van der Waals surface area contributed by atoms with Crippen molar-refractivity contribution in [3.63, 3.8) is 0 Å². The predicted molar refractivity (Wildman–Crippen MR) is 76.1 cm³/mol. The normalized spacial score (nSPS) is 11.9. The van der Waals surface area contributed by atoms with Gasteiger partial charge in [0, 0.05) is 17.9 Å². The molecule has 0 aliphatic carbocycles. The molecule has 0 spiro atoms. The van der Waals surface area contributed by atoms with Gasteiger partial charge in [0.05, 0.1) is 11.8 Å². The third-order valence-corrected chi connectivity index (χ3v) is 3.09. The molecule has 2 N–H and O–H groups in total. The zero-order chi connectivity index (χ0) is 14.5. The van der Waals surface area contributed by atoms with E-state index in [-0.39, 0.29) is 11.6 Å². The Morgan fingerprint density at radius 3 is 2.85 bits per heavy atom. The Morgan fingerprint density at radius 1 is 1.35 bits per heavy atom. The first-order valence-electron chi connectivity index (χ1n) is 6.30. The van der Waals surface area contributed by atoms with Crippen LogP contribution in [0, 0.1) is 5.82 Å². The summed E-state index contributed by atoms with van der Waals surface area (Å²) in [5, 5.41) is 5.81. The lowest BCUT2D eigenvalue weighted by molar-refractivity contribution is 0.102. The van der Waals surface area contributed by atoms with Crippen LogP contribution in [0.2, 0.25) is 0 Å². The second kappa shape index (κ2) is 6.25. The van der Waals surface area contributed by atoms with E-state index in [1.54, 1.807) is 6.07 Å². The van der Waals surface area contributed by atoms with Crippen molar-refractivity contribution in [2.24, 2.45) is 0 Å². The Kier molecular flexibility index (Phi) is 4.42. The number of aromatic nitrogens is 1. The fourth-order valence-corrected chi connectivity index (χ4v) is 1.81. The van der Waals surface area contributed by atoms with Crippen molar-refractivity contribution in [3.8, 4) is 0 Å². The van der Waals surface area contributed by atoms with Crippen LogP contribution in [0.15, 0.2) is 42.7 Å². The summed E-state index contributed by atoms with van der Waals surface area (Å²) < 4.78 is 13.5. The molecule has 4 nitrogen and oxygen atoms in total. The van der Waals surface area contributed by atoms with E-state index in [1.807, 2.05) is 32.2 Å². The second-order valence-electron chi connectivity index (χ2n) is 4.45. The molecule has 1 amide bonds. The fraction of sp³-hybridized carbons (Fsp3) is 0.200. The first-order valence-corrected chi connectivity index (χ1v) is 6.30. The highest BCUT2D eigenvalue weighted by Crippen LogP contribution is 2.18. The molecule has 0 aliphatic rings. The van der Waals surface area contributed by atoms with E-state index < -0.39 is 11.7 Å². The molecule has 0 radical (unpaired) electrons. The maximum absolute atomic E-state index is 13.5. The Morgan fingerprint density at radius 2 is 2.15 bits per heavy atom. The maximum Gasteiger partial charge on any atom is 0.258 e. The Balaban J connectivity index is 2.18. The van der Waals surface area contributed by atoms with Gasteiger partial charge in [-0.1, -0.05) is 12.1 Å². The van der Waals surface area contributed by atoms with Crippen molar-refractivity contribution in [3.05, 3.63) is 59.7 Å². The van der Waals surface area contributed by atoms with E-state index in [2.05, 4.69) is 15.6 Å². The van der Waals surface area contributed by atoms with Crippen LogP contribution >= 0.6 is 0 Å². The zero-order valence-corrected chi connectivity index (χ0v) is 11.4. The number of carbonyl (C=O) groups is 1. The summed E-state index contributed by atoms with van der Waals surface area (Å²) in [6, 6.07) is 8.96. The van der Waals surface area contributed by atoms with Gasteiger partial charge in [0.15, 0.2) is 5.82 Å². The highest BCUT2D eigenvalue weighted by atomic mass is 19.1. The van der Waals surface area contributed by atoms with Gasteiger partial charge in [-0.15, -0.1) is 0 Å². The Bertz CT molecular complexity index is 616. The lowest BCUT2D eigenvalue weighted by Crippen LogP contribution is -2.15. The largest absolute Gasteiger partial charge is 0.322 e. The third kappa shape index (κ3) is 3.19. The minimum atomic E-state index is -0.634. The van der Waals surface area contributed by atoms with Crippen molar-refractivity contribution in [1.82, 2.24) is 10.3 Å². The Hall–Kier alpha value is -2.27. The minimum Gasteiger partial charge on any atom is -0.322 e. The van der Waals surface area contributed by atoms with Gasteiger partial charge in [0.1, 0.15) is 0 Å². The highest BCUT2D eigenvalue weighted by Gasteiger charge is 2.12. The van der Waals surface area contributed by atoms with Gasteiger partial charge in [0.2, 0.25) is 0 Å².